The average Bonchev–Trinajstić information content (AvgIpc) is 3.56. The van der Waals surface area contributed by atoms with Gasteiger partial charge in [0, 0.05) is 43.0 Å². The maximum Gasteiger partial charge on any atom is 0.282 e. The van der Waals surface area contributed by atoms with Crippen LogP contribution in [-0.2, 0) is 19.6 Å². The number of nitrogens with zero attached hydrogens (tertiary/aromatic N) is 5. The summed E-state index contributed by atoms with van der Waals surface area (Å²) in [5.74, 6) is 1.48. The van der Waals surface area contributed by atoms with Gasteiger partial charge in [-0.2, -0.15) is 5.10 Å². The number of aromatic nitrogens is 3. The molecule has 2 aromatic heterocycles. The number of ether oxygens (including phenoxy) is 1. The molecule has 0 spiro atoms. The molecule has 1 aromatic carbocycles. The van der Waals surface area contributed by atoms with Crippen LogP contribution in [-0.4, -0.2) is 52.4 Å². The number of nitrogens with two attached hydrogens (primary N) is 1. The van der Waals surface area contributed by atoms with Crippen LogP contribution in [0, 0.1) is 0 Å². The maximum absolute atomic E-state index is 13.2. The Labute approximate surface area is 233 Å². The molecule has 5 rings (SSSR count). The molecule has 0 aliphatic carbocycles. The number of fused-ring (bicyclic) bond motifs is 1. The number of benzene rings is 1. The zero-order chi connectivity index (χ0) is 28.2. The SMILES string of the molecule is COc1cccc2c1CNC(c1csc(C3CCN(C(N)=NCCn4nc(C(F)F)cc4C(F)F)CC3)n1)NC2. The summed E-state index contributed by atoms with van der Waals surface area (Å²) in [6.07, 6.45) is -4.18. The predicted molar refractivity (Wildman–Crippen MR) is 144 cm³/mol. The number of aliphatic imine (C=N–C) groups is 1. The number of thiazole rings is 1. The summed E-state index contributed by atoms with van der Waals surface area (Å²) in [5, 5.41) is 13.9. The highest BCUT2D eigenvalue weighted by Crippen LogP contribution is 2.32. The summed E-state index contributed by atoms with van der Waals surface area (Å²) in [5.41, 5.74) is 8.26. The fourth-order valence-corrected chi connectivity index (χ4v) is 6.13. The van der Waals surface area contributed by atoms with E-state index in [-0.39, 0.29) is 19.3 Å². The van der Waals surface area contributed by atoms with Crippen LogP contribution >= 0.6 is 11.3 Å². The van der Waals surface area contributed by atoms with E-state index >= 15 is 0 Å². The fourth-order valence-electron chi connectivity index (χ4n) is 5.12. The highest BCUT2D eigenvalue weighted by Gasteiger charge is 2.27. The van der Waals surface area contributed by atoms with E-state index in [1.165, 1.54) is 5.56 Å². The molecule has 0 saturated carbocycles. The van der Waals surface area contributed by atoms with Gasteiger partial charge in [-0.1, -0.05) is 12.1 Å². The first-order valence-electron chi connectivity index (χ1n) is 13.1. The fraction of sp³-hybridized carbons (Fsp3) is 0.500. The molecule has 4 heterocycles. The van der Waals surface area contributed by atoms with Crippen molar-refractivity contribution < 1.29 is 22.3 Å². The zero-order valence-corrected chi connectivity index (χ0v) is 22.8. The minimum Gasteiger partial charge on any atom is -0.496 e. The molecular formula is C26H32F4N8OS. The number of alkyl halides is 4. The lowest BCUT2D eigenvalue weighted by Crippen LogP contribution is -2.42. The zero-order valence-electron chi connectivity index (χ0n) is 22.0. The Balaban J connectivity index is 1.13. The van der Waals surface area contributed by atoms with Gasteiger partial charge >= 0.3 is 0 Å². The van der Waals surface area contributed by atoms with Gasteiger partial charge in [-0.25, -0.2) is 22.5 Å². The molecule has 3 aromatic rings. The number of hydrogen-bond acceptors (Lipinski definition) is 7. The number of likely N-dealkylation sites (tertiary alicyclic amines) is 1. The molecule has 1 fully saturated rings. The highest BCUT2D eigenvalue weighted by molar-refractivity contribution is 7.09. The maximum atomic E-state index is 13.2. The van der Waals surface area contributed by atoms with Gasteiger partial charge in [0.15, 0.2) is 5.96 Å². The van der Waals surface area contributed by atoms with Crippen molar-refractivity contribution in [3.8, 4) is 5.75 Å². The Hall–Kier alpha value is -3.23. The highest BCUT2D eigenvalue weighted by atomic mass is 32.1. The Kier molecular flexibility index (Phi) is 8.86. The molecule has 0 radical (unpaired) electrons. The Morgan fingerprint density at radius 1 is 1.18 bits per heavy atom. The van der Waals surface area contributed by atoms with Crippen molar-refractivity contribution in [2.24, 2.45) is 10.7 Å². The normalized spacial score (nSPS) is 18.8. The third kappa shape index (κ3) is 6.23. The summed E-state index contributed by atoms with van der Waals surface area (Å²) in [6.45, 7) is 2.76. The number of guanidine groups is 1. The van der Waals surface area contributed by atoms with Gasteiger partial charge in [0.2, 0.25) is 0 Å². The van der Waals surface area contributed by atoms with Crippen molar-refractivity contribution in [2.45, 2.75) is 57.4 Å². The van der Waals surface area contributed by atoms with E-state index in [1.54, 1.807) is 18.4 Å². The number of methoxy groups -OCH3 is 1. The number of rotatable bonds is 8. The van der Waals surface area contributed by atoms with Gasteiger partial charge in [0.05, 0.1) is 30.9 Å². The lowest BCUT2D eigenvalue weighted by molar-refractivity contribution is 0.139. The lowest BCUT2D eigenvalue weighted by Gasteiger charge is -2.31. The summed E-state index contributed by atoms with van der Waals surface area (Å²) in [6, 6.07) is 6.80. The van der Waals surface area contributed by atoms with Crippen LogP contribution in [0.3, 0.4) is 0 Å². The quantitative estimate of drug-likeness (QED) is 0.207. The number of piperidine rings is 1. The van der Waals surface area contributed by atoms with Gasteiger partial charge in [-0.3, -0.25) is 20.3 Å². The minimum atomic E-state index is -2.91. The summed E-state index contributed by atoms with van der Waals surface area (Å²) >= 11 is 1.66. The third-order valence-corrected chi connectivity index (χ3v) is 8.32. The van der Waals surface area contributed by atoms with Gasteiger partial charge in [0.25, 0.3) is 12.9 Å². The smallest absolute Gasteiger partial charge is 0.282 e. The molecule has 1 saturated heterocycles. The van der Waals surface area contributed by atoms with E-state index < -0.39 is 24.2 Å². The topological polar surface area (TPSA) is 106 Å². The molecule has 1 atom stereocenters. The van der Waals surface area contributed by atoms with Crippen molar-refractivity contribution >= 4 is 17.3 Å². The van der Waals surface area contributed by atoms with Crippen LogP contribution < -0.4 is 21.1 Å². The molecule has 4 N–H and O–H groups in total. The van der Waals surface area contributed by atoms with Crippen LogP contribution in [0.5, 0.6) is 5.75 Å². The molecular weight excluding hydrogens is 548 g/mol. The van der Waals surface area contributed by atoms with Crippen molar-refractivity contribution in [3.63, 3.8) is 0 Å². The van der Waals surface area contributed by atoms with E-state index in [9.17, 15) is 17.6 Å². The monoisotopic (exact) mass is 580 g/mol. The standard InChI is InChI=1S/C26H32F4N8OS/c1-39-21-4-2-3-16-12-33-24(34-13-17(16)21)19-14-40-25(35-19)15-5-8-37(9-6-15)26(31)32-7-10-38-20(23(29)30)11-18(36-38)22(27)28/h2-4,11,14-15,22-24,33-34H,5-10,12-13H2,1H3,(H2,31,32). The molecule has 2 aliphatic heterocycles. The van der Waals surface area contributed by atoms with Crippen LogP contribution in [0.2, 0.25) is 0 Å². The molecule has 9 nitrogen and oxygen atoms in total. The molecule has 0 bridgehead atoms. The summed E-state index contributed by atoms with van der Waals surface area (Å²) in [7, 11) is 1.68. The van der Waals surface area contributed by atoms with Crippen molar-refractivity contribution in [1.29, 1.82) is 0 Å². The molecule has 14 heteroatoms. The molecule has 0 amide bonds. The lowest BCUT2D eigenvalue weighted by atomic mass is 9.98. The first kappa shape index (κ1) is 28.3. The van der Waals surface area contributed by atoms with Gasteiger partial charge in [-0.15, -0.1) is 11.3 Å². The van der Waals surface area contributed by atoms with E-state index in [4.69, 9.17) is 15.5 Å². The molecule has 2 aliphatic rings. The summed E-state index contributed by atoms with van der Waals surface area (Å²) < 4.78 is 58.5. The van der Waals surface area contributed by atoms with E-state index in [1.807, 2.05) is 17.0 Å². The van der Waals surface area contributed by atoms with E-state index in [2.05, 4.69) is 32.2 Å². The second-order valence-corrected chi connectivity index (χ2v) is 10.6. The Morgan fingerprint density at radius 2 is 1.95 bits per heavy atom. The van der Waals surface area contributed by atoms with Crippen LogP contribution in [0.4, 0.5) is 17.6 Å². The van der Waals surface area contributed by atoms with Gasteiger partial charge in [-0.05, 0) is 30.5 Å². The van der Waals surface area contributed by atoms with Crippen LogP contribution in [0.15, 0.2) is 34.6 Å². The van der Waals surface area contributed by atoms with Crippen molar-refractivity contribution in [1.82, 2.24) is 30.3 Å². The van der Waals surface area contributed by atoms with Gasteiger partial charge < -0.3 is 15.4 Å². The minimum absolute atomic E-state index is 0.0583. The molecule has 216 valence electrons. The first-order chi connectivity index (χ1) is 19.3. The first-order valence-corrected chi connectivity index (χ1v) is 14.0. The van der Waals surface area contributed by atoms with Gasteiger partial charge in [0.1, 0.15) is 23.3 Å². The predicted octanol–water partition coefficient (Wildman–Crippen LogP) is 4.31. The largest absolute Gasteiger partial charge is 0.496 e. The van der Waals surface area contributed by atoms with Crippen molar-refractivity contribution in [2.75, 3.05) is 26.7 Å². The molecule has 1 unspecified atom stereocenters. The number of halogens is 4. The second-order valence-electron chi connectivity index (χ2n) is 9.72. The van der Waals surface area contributed by atoms with Crippen LogP contribution in [0.25, 0.3) is 0 Å². The average molecular weight is 581 g/mol. The van der Waals surface area contributed by atoms with E-state index in [0.29, 0.717) is 38.1 Å². The number of hydrogen-bond donors (Lipinski definition) is 3. The van der Waals surface area contributed by atoms with E-state index in [0.717, 1.165) is 45.6 Å². The molecule has 40 heavy (non-hydrogen) atoms. The number of nitrogens with one attached hydrogen (secondary N) is 2. The Bertz CT molecular complexity index is 1320. The van der Waals surface area contributed by atoms with Crippen LogP contribution in [0.1, 0.15) is 71.0 Å². The summed E-state index contributed by atoms with van der Waals surface area (Å²) in [4.78, 5) is 11.2. The Morgan fingerprint density at radius 3 is 2.67 bits per heavy atom. The van der Waals surface area contributed by atoms with Crippen molar-refractivity contribution in [3.05, 3.63) is 62.9 Å². The third-order valence-electron chi connectivity index (χ3n) is 7.30. The second kappa shape index (κ2) is 12.5.